The quantitative estimate of drug-likeness (QED) is 0.448. The van der Waals surface area contributed by atoms with Gasteiger partial charge in [0.25, 0.3) is 5.91 Å². The lowest BCUT2D eigenvalue weighted by Gasteiger charge is -2.39. The first-order chi connectivity index (χ1) is 15.6. The van der Waals surface area contributed by atoms with E-state index in [9.17, 15) is 32.3 Å². The molecule has 0 spiro atoms. The molecule has 1 aromatic heterocycles. The molecule has 4 rings (SSSR count). The predicted octanol–water partition coefficient (Wildman–Crippen LogP) is 2.58. The largest absolute Gasteiger partial charge is 0.381 e. The Balaban J connectivity index is 1.74. The smallest absolute Gasteiger partial charge is 0.332 e. The number of halogens is 4. The van der Waals surface area contributed by atoms with Gasteiger partial charge in [0.1, 0.15) is 48.1 Å². The number of anilines is 1. The summed E-state index contributed by atoms with van der Waals surface area (Å²) in [5.74, 6) is -4.82. The van der Waals surface area contributed by atoms with E-state index in [-0.39, 0.29) is 5.56 Å². The van der Waals surface area contributed by atoms with E-state index in [0.29, 0.717) is 17.0 Å². The van der Waals surface area contributed by atoms with Crippen LogP contribution in [0.3, 0.4) is 0 Å². The zero-order valence-corrected chi connectivity index (χ0v) is 17.1. The highest BCUT2D eigenvalue weighted by Gasteiger charge is 2.49. The summed E-state index contributed by atoms with van der Waals surface area (Å²) < 4.78 is 56.9. The summed E-state index contributed by atoms with van der Waals surface area (Å²) in [5.41, 5.74) is -3.01. The standard InChI is InChI=1S/C21H17F4N5O3/c1-12(29-8-19(31)30(20(29)32)18-5-3-14(23)7-17(18)25)21(33,9-28-11-26-10-27-28)15-4-2-13(22)6-16(15)24/h2-7,10-12,33H,8-9H2,1H3/t12-,21-/m1/s1. The first kappa shape index (κ1) is 22.4. The number of aliphatic hydroxyl groups is 1. The van der Waals surface area contributed by atoms with Crippen molar-refractivity contribution in [3.8, 4) is 0 Å². The third kappa shape index (κ3) is 3.93. The maximum atomic E-state index is 14.7. The Labute approximate surface area is 184 Å². The van der Waals surface area contributed by atoms with Gasteiger partial charge in [-0.05, 0) is 25.1 Å². The third-order valence-corrected chi connectivity index (χ3v) is 5.57. The third-order valence-electron chi connectivity index (χ3n) is 5.57. The first-order valence-electron chi connectivity index (χ1n) is 9.70. The highest BCUT2D eigenvalue weighted by Crippen LogP contribution is 2.35. The summed E-state index contributed by atoms with van der Waals surface area (Å²) in [6, 6.07) is 2.62. The lowest BCUT2D eigenvalue weighted by Crippen LogP contribution is -2.53. The second-order valence-electron chi connectivity index (χ2n) is 7.55. The molecular weight excluding hydrogens is 446 g/mol. The molecule has 0 unspecified atom stereocenters. The number of rotatable bonds is 6. The van der Waals surface area contributed by atoms with Gasteiger partial charge in [-0.3, -0.25) is 4.79 Å². The molecule has 1 saturated heterocycles. The van der Waals surface area contributed by atoms with E-state index in [4.69, 9.17) is 0 Å². The molecule has 172 valence electrons. The van der Waals surface area contributed by atoms with E-state index in [1.807, 2.05) is 0 Å². The van der Waals surface area contributed by atoms with Crippen LogP contribution >= 0.6 is 0 Å². The molecule has 1 aliphatic rings. The molecule has 1 N–H and O–H groups in total. The molecule has 8 nitrogen and oxygen atoms in total. The summed E-state index contributed by atoms with van der Waals surface area (Å²) in [6.07, 6.45) is 2.42. The molecule has 1 aliphatic heterocycles. The number of urea groups is 1. The van der Waals surface area contributed by atoms with Crippen molar-refractivity contribution in [1.29, 1.82) is 0 Å². The Morgan fingerprint density at radius 2 is 1.73 bits per heavy atom. The van der Waals surface area contributed by atoms with Crippen LogP contribution in [0.5, 0.6) is 0 Å². The van der Waals surface area contributed by atoms with Crippen LogP contribution < -0.4 is 4.90 Å². The van der Waals surface area contributed by atoms with Crippen molar-refractivity contribution < 1.29 is 32.3 Å². The number of carbonyl (C=O) groups is 2. The fourth-order valence-electron chi connectivity index (χ4n) is 3.82. The van der Waals surface area contributed by atoms with Crippen LogP contribution in [0.1, 0.15) is 12.5 Å². The summed E-state index contributed by atoms with van der Waals surface area (Å²) in [5, 5.41) is 15.5. The minimum atomic E-state index is -2.20. The van der Waals surface area contributed by atoms with Gasteiger partial charge in [-0.15, -0.1) is 0 Å². The van der Waals surface area contributed by atoms with Crippen molar-refractivity contribution in [1.82, 2.24) is 19.7 Å². The average molecular weight is 463 g/mol. The second-order valence-corrected chi connectivity index (χ2v) is 7.55. The van der Waals surface area contributed by atoms with Gasteiger partial charge in [0.2, 0.25) is 0 Å². The van der Waals surface area contributed by atoms with Gasteiger partial charge < -0.3 is 10.0 Å². The Hall–Kier alpha value is -3.80. The Morgan fingerprint density at radius 3 is 2.33 bits per heavy atom. The van der Waals surface area contributed by atoms with Gasteiger partial charge in [-0.1, -0.05) is 6.07 Å². The van der Waals surface area contributed by atoms with Gasteiger partial charge in [-0.25, -0.2) is 36.9 Å². The number of hydrogen-bond acceptors (Lipinski definition) is 5. The Bertz CT molecular complexity index is 1220. The number of hydrogen-bond donors (Lipinski definition) is 1. The summed E-state index contributed by atoms with van der Waals surface area (Å²) in [6.45, 7) is 0.383. The molecule has 2 atom stereocenters. The fraction of sp³-hybridized carbons (Fsp3) is 0.238. The molecule has 33 heavy (non-hydrogen) atoms. The normalized spacial score (nSPS) is 16.9. The molecule has 2 aromatic carbocycles. The van der Waals surface area contributed by atoms with Crippen molar-refractivity contribution in [2.45, 2.75) is 25.1 Å². The molecule has 0 aliphatic carbocycles. The van der Waals surface area contributed by atoms with Gasteiger partial charge >= 0.3 is 6.03 Å². The molecule has 3 aromatic rings. The fourth-order valence-corrected chi connectivity index (χ4v) is 3.82. The highest BCUT2D eigenvalue weighted by molar-refractivity contribution is 6.20. The molecule has 3 amide bonds. The van der Waals surface area contributed by atoms with E-state index >= 15 is 0 Å². The van der Waals surface area contributed by atoms with Crippen LogP contribution in [0.2, 0.25) is 0 Å². The second kappa shape index (κ2) is 8.28. The number of benzene rings is 2. The maximum absolute atomic E-state index is 14.7. The van der Waals surface area contributed by atoms with Crippen molar-refractivity contribution in [3.63, 3.8) is 0 Å². The van der Waals surface area contributed by atoms with Crippen LogP contribution in [0, 0.1) is 23.3 Å². The SMILES string of the molecule is C[C@@H](N1CC(=O)N(c2ccc(F)cc2F)C1=O)[C@](O)(Cn1cncn1)c1ccc(F)cc1F. The molecule has 1 fully saturated rings. The number of nitrogens with zero attached hydrogens (tertiary/aromatic N) is 5. The van der Waals surface area contributed by atoms with Crippen molar-refractivity contribution >= 4 is 17.6 Å². The Kier molecular flexibility index (Phi) is 5.62. The molecule has 0 radical (unpaired) electrons. The predicted molar refractivity (Wildman–Crippen MR) is 106 cm³/mol. The van der Waals surface area contributed by atoms with E-state index in [0.717, 1.165) is 29.2 Å². The highest BCUT2D eigenvalue weighted by atomic mass is 19.1. The van der Waals surface area contributed by atoms with Gasteiger partial charge in [-0.2, -0.15) is 5.10 Å². The van der Waals surface area contributed by atoms with E-state index in [1.54, 1.807) is 0 Å². The van der Waals surface area contributed by atoms with Crippen LogP contribution in [0.15, 0.2) is 49.1 Å². The number of aromatic nitrogens is 3. The molecule has 12 heteroatoms. The Morgan fingerprint density at radius 1 is 1.06 bits per heavy atom. The van der Waals surface area contributed by atoms with Gasteiger partial charge in [0.05, 0.1) is 18.3 Å². The van der Waals surface area contributed by atoms with E-state index < -0.39 is 65.6 Å². The van der Waals surface area contributed by atoms with Crippen LogP contribution in [0.25, 0.3) is 0 Å². The zero-order chi connectivity index (χ0) is 23.9. The van der Waals surface area contributed by atoms with Crippen molar-refractivity contribution in [2.75, 3.05) is 11.4 Å². The summed E-state index contributed by atoms with van der Waals surface area (Å²) in [4.78, 5) is 30.9. The van der Waals surface area contributed by atoms with Crippen molar-refractivity contribution in [3.05, 3.63) is 77.9 Å². The molecule has 2 heterocycles. The van der Waals surface area contributed by atoms with Crippen LogP contribution in [-0.2, 0) is 16.9 Å². The molecule has 0 saturated carbocycles. The number of carbonyl (C=O) groups excluding carboxylic acids is 2. The van der Waals surface area contributed by atoms with Crippen LogP contribution in [0.4, 0.5) is 28.0 Å². The van der Waals surface area contributed by atoms with E-state index in [1.165, 1.54) is 24.3 Å². The lowest BCUT2D eigenvalue weighted by atomic mass is 9.85. The van der Waals surface area contributed by atoms with Crippen molar-refractivity contribution in [2.24, 2.45) is 0 Å². The molecule has 0 bridgehead atoms. The molecular formula is C21H17F4N5O3. The zero-order valence-electron chi connectivity index (χ0n) is 17.1. The first-order valence-corrected chi connectivity index (χ1v) is 9.70. The van der Waals surface area contributed by atoms with E-state index in [2.05, 4.69) is 10.1 Å². The monoisotopic (exact) mass is 463 g/mol. The summed E-state index contributed by atoms with van der Waals surface area (Å²) in [7, 11) is 0. The van der Waals surface area contributed by atoms with Gasteiger partial charge in [0, 0.05) is 17.7 Å². The number of amides is 3. The van der Waals surface area contributed by atoms with Gasteiger partial charge in [0.15, 0.2) is 0 Å². The summed E-state index contributed by atoms with van der Waals surface area (Å²) >= 11 is 0. The minimum absolute atomic E-state index is 0.349. The topological polar surface area (TPSA) is 91.6 Å². The average Bonchev–Trinajstić information content (AvgIpc) is 3.35. The van der Waals surface area contributed by atoms with Crippen LogP contribution in [-0.4, -0.2) is 49.3 Å². The lowest BCUT2D eigenvalue weighted by molar-refractivity contribution is -0.117. The maximum Gasteiger partial charge on any atom is 0.332 e. The number of imide groups is 1. The minimum Gasteiger partial charge on any atom is -0.381 e.